The Morgan fingerprint density at radius 3 is 2.11 bits per heavy atom. The molecule has 0 aliphatic carbocycles. The minimum absolute atomic E-state index is 0.177. The Bertz CT molecular complexity index is 822. The van der Waals surface area contributed by atoms with E-state index in [1.807, 2.05) is 45.0 Å². The first kappa shape index (κ1) is 19.7. The number of rotatable bonds is 3. The molecule has 1 fully saturated rings. The van der Waals surface area contributed by atoms with Crippen LogP contribution < -0.4 is 15.5 Å². The fraction of sp³-hybridized carbons (Fsp3) is 0.364. The topological polar surface area (TPSA) is 64.7 Å². The van der Waals surface area contributed by atoms with Gasteiger partial charge in [0.25, 0.3) is 5.91 Å². The van der Waals surface area contributed by atoms with Gasteiger partial charge in [0.05, 0.1) is 11.3 Å². The molecule has 0 spiro atoms. The van der Waals surface area contributed by atoms with Crippen molar-refractivity contribution < 1.29 is 9.59 Å². The molecule has 0 aromatic heterocycles. The van der Waals surface area contributed by atoms with Gasteiger partial charge in [-0.3, -0.25) is 4.79 Å². The first-order chi connectivity index (χ1) is 13.3. The van der Waals surface area contributed by atoms with Crippen LogP contribution in [0, 0.1) is 0 Å². The zero-order valence-corrected chi connectivity index (χ0v) is 16.7. The third-order valence-corrected chi connectivity index (χ3v) is 4.59. The van der Waals surface area contributed by atoms with E-state index in [1.165, 1.54) is 5.69 Å². The molecular weight excluding hydrogens is 352 g/mol. The van der Waals surface area contributed by atoms with Gasteiger partial charge in [0, 0.05) is 37.4 Å². The highest BCUT2D eigenvalue weighted by Gasteiger charge is 2.23. The van der Waals surface area contributed by atoms with E-state index in [-0.39, 0.29) is 17.5 Å². The lowest BCUT2D eigenvalue weighted by Gasteiger charge is -2.36. The first-order valence-corrected chi connectivity index (χ1v) is 9.61. The lowest BCUT2D eigenvalue weighted by molar-refractivity contribution is 0.0920. The van der Waals surface area contributed by atoms with E-state index in [0.29, 0.717) is 24.3 Å². The number of hydrogen-bond donors (Lipinski definition) is 2. The van der Waals surface area contributed by atoms with Crippen LogP contribution in [0.5, 0.6) is 0 Å². The molecule has 0 atom stereocenters. The van der Waals surface area contributed by atoms with Crippen LogP contribution in [-0.4, -0.2) is 48.6 Å². The summed E-state index contributed by atoms with van der Waals surface area (Å²) in [7, 11) is 0. The van der Waals surface area contributed by atoms with Crippen molar-refractivity contribution in [2.75, 3.05) is 36.4 Å². The second-order valence-corrected chi connectivity index (χ2v) is 7.99. The number of anilines is 2. The number of hydrogen-bond acceptors (Lipinski definition) is 3. The van der Waals surface area contributed by atoms with Gasteiger partial charge in [-0.15, -0.1) is 0 Å². The SMILES string of the molecule is CC(C)(C)NC(=O)c1ccccc1NC(=O)N1CCN(c2ccccc2)CC1. The Balaban J connectivity index is 1.62. The molecule has 6 nitrogen and oxygen atoms in total. The van der Waals surface area contributed by atoms with E-state index in [2.05, 4.69) is 27.7 Å². The standard InChI is InChI=1S/C22H28N4O2/c1-22(2,3)24-20(27)18-11-7-8-12-19(18)23-21(28)26-15-13-25(14-16-26)17-9-5-4-6-10-17/h4-12H,13-16H2,1-3H3,(H,23,28)(H,24,27). The van der Waals surface area contributed by atoms with Gasteiger partial charge in [0.1, 0.15) is 0 Å². The summed E-state index contributed by atoms with van der Waals surface area (Å²) < 4.78 is 0. The van der Waals surface area contributed by atoms with E-state index in [1.54, 1.807) is 23.1 Å². The summed E-state index contributed by atoms with van der Waals surface area (Å²) in [6.45, 7) is 8.62. The van der Waals surface area contributed by atoms with Crippen molar-refractivity contribution in [1.82, 2.24) is 10.2 Å². The molecule has 0 unspecified atom stereocenters. The molecule has 1 saturated heterocycles. The van der Waals surface area contributed by atoms with E-state index in [0.717, 1.165) is 13.1 Å². The van der Waals surface area contributed by atoms with Gasteiger partial charge in [0.2, 0.25) is 0 Å². The van der Waals surface area contributed by atoms with Crippen LogP contribution >= 0.6 is 0 Å². The van der Waals surface area contributed by atoms with Crippen LogP contribution in [-0.2, 0) is 0 Å². The molecule has 0 saturated carbocycles. The summed E-state index contributed by atoms with van der Waals surface area (Å²) in [5, 5.41) is 5.85. The monoisotopic (exact) mass is 380 g/mol. The van der Waals surface area contributed by atoms with Gasteiger partial charge >= 0.3 is 6.03 Å². The Labute approximate surface area is 166 Å². The Hall–Kier alpha value is -3.02. The van der Waals surface area contributed by atoms with Crippen LogP contribution in [0.15, 0.2) is 54.6 Å². The lowest BCUT2D eigenvalue weighted by atomic mass is 10.1. The number of para-hydroxylation sites is 2. The second-order valence-electron chi connectivity index (χ2n) is 7.99. The molecule has 3 rings (SSSR count). The molecule has 0 bridgehead atoms. The number of amides is 3. The van der Waals surface area contributed by atoms with Crippen molar-refractivity contribution in [3.63, 3.8) is 0 Å². The zero-order chi connectivity index (χ0) is 20.1. The third kappa shape index (κ3) is 5.03. The average Bonchev–Trinajstić information content (AvgIpc) is 2.68. The zero-order valence-electron chi connectivity index (χ0n) is 16.7. The smallest absolute Gasteiger partial charge is 0.321 e. The highest BCUT2D eigenvalue weighted by Crippen LogP contribution is 2.19. The maximum absolute atomic E-state index is 12.7. The minimum Gasteiger partial charge on any atom is -0.368 e. The van der Waals surface area contributed by atoms with Crippen LogP contribution in [0.1, 0.15) is 31.1 Å². The molecule has 1 aliphatic heterocycles. The fourth-order valence-corrected chi connectivity index (χ4v) is 3.20. The van der Waals surface area contributed by atoms with Gasteiger partial charge in [-0.2, -0.15) is 0 Å². The highest BCUT2D eigenvalue weighted by atomic mass is 16.2. The van der Waals surface area contributed by atoms with Crippen molar-refractivity contribution in [3.8, 4) is 0 Å². The molecule has 2 aromatic rings. The summed E-state index contributed by atoms with van der Waals surface area (Å²) in [6, 6.07) is 17.1. The minimum atomic E-state index is -0.345. The molecule has 28 heavy (non-hydrogen) atoms. The maximum Gasteiger partial charge on any atom is 0.321 e. The maximum atomic E-state index is 12.7. The summed E-state index contributed by atoms with van der Waals surface area (Å²) in [6.07, 6.45) is 0. The van der Waals surface area contributed by atoms with Crippen molar-refractivity contribution in [1.29, 1.82) is 0 Å². The number of benzene rings is 2. The summed E-state index contributed by atoms with van der Waals surface area (Å²) in [4.78, 5) is 29.4. The van der Waals surface area contributed by atoms with Crippen LogP contribution in [0.25, 0.3) is 0 Å². The van der Waals surface area contributed by atoms with Crippen molar-refractivity contribution in [2.24, 2.45) is 0 Å². The molecular formula is C22H28N4O2. The van der Waals surface area contributed by atoms with E-state index in [9.17, 15) is 9.59 Å². The van der Waals surface area contributed by atoms with Crippen molar-refractivity contribution in [2.45, 2.75) is 26.3 Å². The number of nitrogens with one attached hydrogen (secondary N) is 2. The highest BCUT2D eigenvalue weighted by molar-refractivity contribution is 6.03. The van der Waals surface area contributed by atoms with Gasteiger partial charge in [-0.05, 0) is 45.0 Å². The molecule has 1 heterocycles. The molecule has 6 heteroatoms. The summed E-state index contributed by atoms with van der Waals surface area (Å²) >= 11 is 0. The predicted octanol–water partition coefficient (Wildman–Crippen LogP) is 3.57. The summed E-state index contributed by atoms with van der Waals surface area (Å²) in [5.41, 5.74) is 1.82. The Morgan fingerprint density at radius 2 is 1.46 bits per heavy atom. The Morgan fingerprint density at radius 1 is 0.857 bits per heavy atom. The van der Waals surface area contributed by atoms with E-state index in [4.69, 9.17) is 0 Å². The summed E-state index contributed by atoms with van der Waals surface area (Å²) in [5.74, 6) is -0.197. The number of nitrogens with zero attached hydrogens (tertiary/aromatic N) is 2. The number of piperazine rings is 1. The van der Waals surface area contributed by atoms with Crippen LogP contribution in [0.4, 0.5) is 16.2 Å². The van der Waals surface area contributed by atoms with Gasteiger partial charge in [-0.25, -0.2) is 4.79 Å². The molecule has 148 valence electrons. The number of carbonyl (C=O) groups excluding carboxylic acids is 2. The lowest BCUT2D eigenvalue weighted by Crippen LogP contribution is -2.50. The predicted molar refractivity (Wildman–Crippen MR) is 113 cm³/mol. The number of urea groups is 1. The number of carbonyl (C=O) groups is 2. The fourth-order valence-electron chi connectivity index (χ4n) is 3.20. The van der Waals surface area contributed by atoms with E-state index >= 15 is 0 Å². The molecule has 1 aliphatic rings. The first-order valence-electron chi connectivity index (χ1n) is 9.61. The average molecular weight is 380 g/mol. The van der Waals surface area contributed by atoms with E-state index < -0.39 is 0 Å². The molecule has 2 aromatic carbocycles. The second kappa shape index (κ2) is 8.33. The van der Waals surface area contributed by atoms with Crippen molar-refractivity contribution in [3.05, 3.63) is 60.2 Å². The largest absolute Gasteiger partial charge is 0.368 e. The van der Waals surface area contributed by atoms with Crippen LogP contribution in [0.2, 0.25) is 0 Å². The molecule has 3 amide bonds. The van der Waals surface area contributed by atoms with Crippen molar-refractivity contribution >= 4 is 23.3 Å². The molecule has 2 N–H and O–H groups in total. The quantitative estimate of drug-likeness (QED) is 0.856. The van der Waals surface area contributed by atoms with Gasteiger partial charge in [-0.1, -0.05) is 30.3 Å². The third-order valence-electron chi connectivity index (χ3n) is 4.59. The van der Waals surface area contributed by atoms with Crippen LogP contribution in [0.3, 0.4) is 0 Å². The Kier molecular flexibility index (Phi) is 5.87. The normalized spacial score (nSPS) is 14.5. The molecule has 0 radical (unpaired) electrons. The van der Waals surface area contributed by atoms with Gasteiger partial charge < -0.3 is 20.4 Å². The van der Waals surface area contributed by atoms with Gasteiger partial charge in [0.15, 0.2) is 0 Å².